The monoisotopic (exact) mass is 896 g/mol. The van der Waals surface area contributed by atoms with Gasteiger partial charge >= 0.3 is 12.2 Å². The quantitative estimate of drug-likeness (QED) is 0.304. The number of methoxy groups -OCH3 is 1. The highest BCUT2D eigenvalue weighted by Crippen LogP contribution is 2.45. The van der Waals surface area contributed by atoms with Gasteiger partial charge in [0.1, 0.15) is 46.4 Å². The number of hydrogen-bond acceptors (Lipinski definition) is 13. The zero-order valence-electron chi connectivity index (χ0n) is 35.5. The maximum atomic E-state index is 14.7. The molecule has 5 amide bonds. The number of halogens is 1. The molecule has 4 fully saturated rings. The van der Waals surface area contributed by atoms with Crippen molar-refractivity contribution in [2.45, 2.75) is 112 Å². The van der Waals surface area contributed by atoms with E-state index in [0.717, 1.165) is 50.7 Å². The number of pyridine rings is 1. The van der Waals surface area contributed by atoms with Crippen molar-refractivity contribution in [1.82, 2.24) is 30.1 Å². The Morgan fingerprint density at radius 1 is 0.952 bits per heavy atom. The van der Waals surface area contributed by atoms with E-state index in [1.807, 2.05) is 17.0 Å². The third-order valence-corrected chi connectivity index (χ3v) is 13.9. The van der Waals surface area contributed by atoms with E-state index in [1.165, 1.54) is 29.1 Å². The number of nitrogens with one attached hydrogen (secondary N) is 4. The van der Waals surface area contributed by atoms with Gasteiger partial charge in [0.25, 0.3) is 15.9 Å². The topological polar surface area (TPSA) is 218 Å². The molecule has 1 spiro atoms. The molecule has 1 aromatic carbocycles. The summed E-state index contributed by atoms with van der Waals surface area (Å²) in [6.07, 6.45) is 5.56. The van der Waals surface area contributed by atoms with Gasteiger partial charge in [-0.25, -0.2) is 27.1 Å². The largest absolute Gasteiger partial charge is 0.481 e. The van der Waals surface area contributed by atoms with Crippen LogP contribution in [0, 0.1) is 11.7 Å². The van der Waals surface area contributed by atoms with E-state index in [9.17, 15) is 36.8 Å². The average Bonchev–Trinajstić information content (AvgIpc) is 3.51. The van der Waals surface area contributed by atoms with E-state index in [1.54, 1.807) is 6.07 Å². The number of aromatic nitrogens is 1. The lowest BCUT2D eigenvalue weighted by Crippen LogP contribution is -2.58. The summed E-state index contributed by atoms with van der Waals surface area (Å²) in [6.45, 7) is 5.47. The van der Waals surface area contributed by atoms with Gasteiger partial charge in [-0.05, 0) is 69.2 Å². The van der Waals surface area contributed by atoms with Crippen molar-refractivity contribution >= 4 is 51.4 Å². The van der Waals surface area contributed by atoms with Crippen LogP contribution in [0.3, 0.4) is 0 Å². The fourth-order valence-electron chi connectivity index (χ4n) is 8.89. The molecule has 2 saturated heterocycles. The number of sulfonamides is 1. The second-order valence-electron chi connectivity index (χ2n) is 16.8. The van der Waals surface area contributed by atoms with E-state index in [2.05, 4.69) is 32.2 Å². The molecule has 342 valence electrons. The molecule has 0 bridgehead atoms. The number of nitrogens with zero attached hydrogens (tertiary/aromatic N) is 4. The Morgan fingerprint density at radius 2 is 1.68 bits per heavy atom. The highest BCUT2D eigenvalue weighted by Gasteiger charge is 2.61. The Bertz CT molecular complexity index is 2150. The van der Waals surface area contributed by atoms with Crippen LogP contribution in [-0.2, 0) is 33.9 Å². The molecule has 0 radical (unpaired) electrons. The predicted octanol–water partition coefficient (Wildman–Crippen LogP) is 3.83. The van der Waals surface area contributed by atoms with Crippen molar-refractivity contribution < 1.29 is 51.0 Å². The Balaban J connectivity index is 1.12. The van der Waals surface area contributed by atoms with E-state index < -0.39 is 80.3 Å². The molecule has 2 aromatic rings. The van der Waals surface area contributed by atoms with Gasteiger partial charge in [0, 0.05) is 51.1 Å². The fourth-order valence-corrected chi connectivity index (χ4v) is 10.1. The van der Waals surface area contributed by atoms with Crippen LogP contribution < -0.4 is 30.3 Å². The number of anilines is 2. The summed E-state index contributed by atoms with van der Waals surface area (Å²) in [6, 6.07) is 6.28. The van der Waals surface area contributed by atoms with Crippen LogP contribution in [0.15, 0.2) is 53.9 Å². The van der Waals surface area contributed by atoms with Crippen molar-refractivity contribution in [3.05, 3.63) is 54.9 Å². The lowest BCUT2D eigenvalue weighted by molar-refractivity contribution is -0.141. The standard InChI is InChI=1S/C43H57FN8O10S/c1-3-28-26-43(28)40(55)49-63(58,59)35-24-29(44)17-18-32(35)45-19-10-6-4-5-7-14-33(46-41(56)61-30-12-8-9-13-30)39(54)52-27-31(25-34(52)38(53)48-43)62-42(57)51-22-20-50(21-23-51)36-15-11-16-37(47-36)60-2/h3,11,15-18,24,28,30-31,33-34,45H,1,4-10,12-14,19-23,25-27H2,2H3,(H,46,56)(H,48,53)(H,49,55)/t28-,31-,33+,34+,43-/m1/s1. The number of carbonyl (C=O) groups excluding carboxylic acids is 5. The van der Waals surface area contributed by atoms with Crippen molar-refractivity contribution in [3.8, 4) is 5.88 Å². The van der Waals surface area contributed by atoms with Gasteiger partial charge < -0.3 is 44.9 Å². The Labute approximate surface area is 366 Å². The number of rotatable bonds is 6. The molecule has 20 heteroatoms. The molecule has 2 aliphatic carbocycles. The normalized spacial score (nSPS) is 27.2. The second kappa shape index (κ2) is 19.8. The van der Waals surface area contributed by atoms with Gasteiger partial charge in [0.05, 0.1) is 19.3 Å². The predicted molar refractivity (Wildman–Crippen MR) is 228 cm³/mol. The molecule has 5 atom stereocenters. The average molecular weight is 897 g/mol. The minimum absolute atomic E-state index is 0.00855. The van der Waals surface area contributed by atoms with Crippen LogP contribution >= 0.6 is 0 Å². The first kappa shape index (κ1) is 45.4. The number of benzene rings is 1. The SMILES string of the molecule is C=C[C@@H]1C[C@@]12NC(=O)[C@@H]1C[C@@H](OC(=O)N3CCN(c4cccc(OC)n4)CC3)CN1C(=O)[C@@H](NC(=O)OC1CCCC1)CCCCCCCNc1ccc(F)cc1S(=O)(=O)NC2=O. The van der Waals surface area contributed by atoms with Crippen LogP contribution in [0.4, 0.5) is 25.5 Å². The number of alkyl carbamates (subject to hydrolysis) is 1. The van der Waals surface area contributed by atoms with E-state index in [0.29, 0.717) is 63.7 Å². The maximum Gasteiger partial charge on any atom is 0.410 e. The highest BCUT2D eigenvalue weighted by molar-refractivity contribution is 7.90. The molecule has 4 heterocycles. The van der Waals surface area contributed by atoms with E-state index in [4.69, 9.17) is 14.2 Å². The minimum Gasteiger partial charge on any atom is -0.481 e. The van der Waals surface area contributed by atoms with Crippen LogP contribution in [-0.4, -0.2) is 129 Å². The van der Waals surface area contributed by atoms with Crippen LogP contribution in [0.2, 0.25) is 0 Å². The molecule has 2 saturated carbocycles. The molecule has 4 N–H and O–H groups in total. The Morgan fingerprint density at radius 3 is 2.41 bits per heavy atom. The van der Waals surface area contributed by atoms with Crippen LogP contribution in [0.5, 0.6) is 5.88 Å². The van der Waals surface area contributed by atoms with Gasteiger partial charge in [-0.3, -0.25) is 14.4 Å². The number of carbonyl (C=O) groups is 5. The third kappa shape index (κ3) is 10.8. The molecule has 7 rings (SSSR count). The summed E-state index contributed by atoms with van der Waals surface area (Å²) in [7, 11) is -3.14. The maximum absolute atomic E-state index is 14.7. The number of piperazine rings is 1. The van der Waals surface area contributed by atoms with Crippen LogP contribution in [0.1, 0.15) is 77.0 Å². The Hall–Kier alpha value is -5.66. The van der Waals surface area contributed by atoms with E-state index >= 15 is 0 Å². The summed E-state index contributed by atoms with van der Waals surface area (Å²) in [4.78, 5) is 78.9. The van der Waals surface area contributed by atoms with Crippen molar-refractivity contribution in [3.63, 3.8) is 0 Å². The number of ether oxygens (including phenoxy) is 3. The molecule has 5 aliphatic rings. The van der Waals surface area contributed by atoms with Crippen molar-refractivity contribution in [1.29, 1.82) is 0 Å². The van der Waals surface area contributed by atoms with Crippen molar-refractivity contribution in [2.24, 2.45) is 5.92 Å². The van der Waals surface area contributed by atoms with Gasteiger partial charge in [-0.2, -0.15) is 4.98 Å². The molecular weight excluding hydrogens is 840 g/mol. The summed E-state index contributed by atoms with van der Waals surface area (Å²) < 4.78 is 60.9. The molecule has 18 nitrogen and oxygen atoms in total. The molecule has 63 heavy (non-hydrogen) atoms. The zero-order valence-corrected chi connectivity index (χ0v) is 36.3. The number of hydrogen-bond donors (Lipinski definition) is 4. The minimum atomic E-state index is -4.67. The fraction of sp³-hybridized carbons (Fsp3) is 0.581. The van der Waals surface area contributed by atoms with Gasteiger partial charge in [-0.15, -0.1) is 6.58 Å². The Kier molecular flexibility index (Phi) is 14.3. The molecular formula is C43H57FN8O10S. The highest BCUT2D eigenvalue weighted by atomic mass is 32.2. The molecule has 0 unspecified atom stereocenters. The smallest absolute Gasteiger partial charge is 0.410 e. The first-order valence-electron chi connectivity index (χ1n) is 21.8. The summed E-state index contributed by atoms with van der Waals surface area (Å²) in [5, 5.41) is 8.53. The first-order chi connectivity index (χ1) is 30.3. The lowest BCUT2D eigenvalue weighted by atomic mass is 10.0. The van der Waals surface area contributed by atoms with E-state index in [-0.39, 0.29) is 37.6 Å². The van der Waals surface area contributed by atoms with Crippen molar-refractivity contribution in [2.75, 3.05) is 56.6 Å². The summed E-state index contributed by atoms with van der Waals surface area (Å²) in [5.74, 6) is -2.81. The van der Waals surface area contributed by atoms with Crippen LogP contribution in [0.25, 0.3) is 0 Å². The summed E-state index contributed by atoms with van der Waals surface area (Å²) in [5.41, 5.74) is -1.67. The first-order valence-corrected chi connectivity index (χ1v) is 23.3. The third-order valence-electron chi connectivity index (χ3n) is 12.6. The second-order valence-corrected chi connectivity index (χ2v) is 18.5. The lowest BCUT2D eigenvalue weighted by Gasteiger charge is -2.35. The molecule has 3 aliphatic heterocycles. The number of amides is 5. The number of fused-ring (bicyclic) bond motifs is 2. The summed E-state index contributed by atoms with van der Waals surface area (Å²) >= 11 is 0. The zero-order chi connectivity index (χ0) is 44.7. The van der Waals surface area contributed by atoms with Gasteiger partial charge in [0.2, 0.25) is 17.7 Å². The molecule has 1 aromatic heterocycles. The van der Waals surface area contributed by atoms with Gasteiger partial charge in [-0.1, -0.05) is 37.8 Å². The van der Waals surface area contributed by atoms with Gasteiger partial charge in [0.15, 0.2) is 0 Å².